The van der Waals surface area contributed by atoms with Crippen LogP contribution < -0.4 is 14.8 Å². The van der Waals surface area contributed by atoms with E-state index in [0.717, 1.165) is 11.3 Å². The van der Waals surface area contributed by atoms with Crippen LogP contribution >= 0.6 is 11.3 Å². The van der Waals surface area contributed by atoms with Gasteiger partial charge in [-0.3, -0.25) is 14.9 Å². The molecule has 0 N–H and O–H groups in total. The van der Waals surface area contributed by atoms with Gasteiger partial charge in [0.15, 0.2) is 5.82 Å². The number of benzene rings is 2. The highest BCUT2D eigenvalue weighted by atomic mass is 32.1. The van der Waals surface area contributed by atoms with Crippen molar-refractivity contribution in [2.45, 2.75) is 0 Å². The van der Waals surface area contributed by atoms with Crippen LogP contribution in [0, 0.1) is 10.1 Å². The molecule has 0 atom stereocenters. The Morgan fingerprint density at radius 3 is 2.66 bits per heavy atom. The smallest absolute Gasteiger partial charge is 0.291 e. The summed E-state index contributed by atoms with van der Waals surface area (Å²) in [6, 6.07) is 16.8. The molecule has 32 heavy (non-hydrogen) atoms. The van der Waals surface area contributed by atoms with Crippen LogP contribution in [-0.4, -0.2) is 26.6 Å². The second-order valence-electron chi connectivity index (χ2n) is 6.78. The summed E-state index contributed by atoms with van der Waals surface area (Å²) >= 11 is 1.20. The topological polar surface area (TPSA) is 113 Å². The second kappa shape index (κ2) is 7.75. The fourth-order valence-electron chi connectivity index (χ4n) is 3.18. The number of nitrogens with zero attached hydrogens (tertiary/aromatic N) is 4. The van der Waals surface area contributed by atoms with Crippen LogP contribution in [0.5, 0.6) is 5.75 Å². The number of hydrogen-bond acceptors (Lipinski definition) is 8. The first-order valence-corrected chi connectivity index (χ1v) is 10.2. The SMILES string of the molecule is COc1ccc(-c2nc3s/c(=C/c4ccc(-c5cccc([N+](=O)[O-])c5)o4)c(=O)n3n2)cc1. The van der Waals surface area contributed by atoms with Crippen LogP contribution in [0.3, 0.4) is 0 Å². The molecule has 5 aromatic rings. The maximum absolute atomic E-state index is 12.8. The van der Waals surface area contributed by atoms with E-state index in [0.29, 0.717) is 32.4 Å². The summed E-state index contributed by atoms with van der Waals surface area (Å²) in [5.41, 5.74) is 1.03. The molecule has 0 unspecified atom stereocenters. The van der Waals surface area contributed by atoms with Gasteiger partial charge in [-0.1, -0.05) is 23.5 Å². The van der Waals surface area contributed by atoms with Gasteiger partial charge in [-0.2, -0.15) is 9.50 Å². The molecule has 2 aromatic carbocycles. The minimum atomic E-state index is -0.461. The van der Waals surface area contributed by atoms with E-state index in [1.807, 2.05) is 12.1 Å². The molecule has 0 radical (unpaired) electrons. The predicted molar refractivity (Wildman–Crippen MR) is 119 cm³/mol. The third-order valence-corrected chi connectivity index (χ3v) is 5.73. The Kier molecular flexibility index (Phi) is 4.75. The van der Waals surface area contributed by atoms with E-state index in [4.69, 9.17) is 9.15 Å². The lowest BCUT2D eigenvalue weighted by Crippen LogP contribution is -2.23. The van der Waals surface area contributed by atoms with E-state index in [1.54, 1.807) is 49.6 Å². The summed E-state index contributed by atoms with van der Waals surface area (Å²) in [5.74, 6) is 2.09. The number of thiazole rings is 1. The number of aromatic nitrogens is 3. The van der Waals surface area contributed by atoms with Crippen molar-refractivity contribution in [3.63, 3.8) is 0 Å². The Morgan fingerprint density at radius 2 is 1.94 bits per heavy atom. The monoisotopic (exact) mass is 446 g/mol. The molecule has 0 saturated carbocycles. The Bertz CT molecular complexity index is 1570. The van der Waals surface area contributed by atoms with Crippen LogP contribution in [-0.2, 0) is 0 Å². The number of hydrogen-bond donors (Lipinski definition) is 0. The number of methoxy groups -OCH3 is 1. The van der Waals surface area contributed by atoms with Crippen molar-refractivity contribution in [3.05, 3.63) is 91.4 Å². The van der Waals surface area contributed by atoms with Gasteiger partial charge in [-0.25, -0.2) is 0 Å². The Hall–Kier alpha value is -4.31. The van der Waals surface area contributed by atoms with Crippen molar-refractivity contribution in [1.29, 1.82) is 0 Å². The summed E-state index contributed by atoms with van der Waals surface area (Å²) in [6.07, 6.45) is 1.61. The van der Waals surface area contributed by atoms with Gasteiger partial charge in [0, 0.05) is 29.3 Å². The molecule has 3 heterocycles. The molecule has 0 amide bonds. The average molecular weight is 446 g/mol. The zero-order chi connectivity index (χ0) is 22.2. The first kappa shape index (κ1) is 19.6. The van der Waals surface area contributed by atoms with Crippen molar-refractivity contribution in [1.82, 2.24) is 14.6 Å². The summed E-state index contributed by atoms with van der Waals surface area (Å²) in [5, 5.41) is 15.3. The molecule has 5 rings (SSSR count). The van der Waals surface area contributed by atoms with Crippen LogP contribution in [0.25, 0.3) is 33.7 Å². The summed E-state index contributed by atoms with van der Waals surface area (Å²) in [4.78, 5) is 28.2. The molecule has 0 aliphatic carbocycles. The molecule has 0 spiro atoms. The van der Waals surface area contributed by atoms with Crippen LogP contribution in [0.4, 0.5) is 5.69 Å². The van der Waals surface area contributed by atoms with Gasteiger partial charge in [0.25, 0.3) is 11.2 Å². The molecule has 3 aromatic heterocycles. The predicted octanol–water partition coefficient (Wildman–Crippen LogP) is 3.54. The lowest BCUT2D eigenvalue weighted by Gasteiger charge is -1.99. The normalized spacial score (nSPS) is 11.8. The summed E-state index contributed by atoms with van der Waals surface area (Å²) in [7, 11) is 1.59. The van der Waals surface area contributed by atoms with Crippen molar-refractivity contribution in [2.75, 3.05) is 7.11 Å². The number of fused-ring (bicyclic) bond motifs is 1. The van der Waals surface area contributed by atoms with Crippen molar-refractivity contribution in [2.24, 2.45) is 0 Å². The maximum Gasteiger partial charge on any atom is 0.291 e. The number of furan rings is 1. The molecular formula is C22H14N4O5S. The second-order valence-corrected chi connectivity index (χ2v) is 7.79. The van der Waals surface area contributed by atoms with Gasteiger partial charge in [-0.15, -0.1) is 5.10 Å². The van der Waals surface area contributed by atoms with Crippen molar-refractivity contribution in [3.8, 4) is 28.5 Å². The molecule has 0 aliphatic rings. The largest absolute Gasteiger partial charge is 0.497 e. The maximum atomic E-state index is 12.8. The van der Waals surface area contributed by atoms with Gasteiger partial charge in [0.05, 0.1) is 12.0 Å². The fourth-order valence-corrected chi connectivity index (χ4v) is 4.07. The highest BCUT2D eigenvalue weighted by Crippen LogP contribution is 2.26. The van der Waals surface area contributed by atoms with Crippen LogP contribution in [0.15, 0.2) is 69.9 Å². The molecule has 0 fully saturated rings. The van der Waals surface area contributed by atoms with E-state index in [2.05, 4.69) is 10.1 Å². The zero-order valence-corrected chi connectivity index (χ0v) is 17.4. The quantitative estimate of drug-likeness (QED) is 0.300. The molecule has 0 bridgehead atoms. The molecule has 10 heteroatoms. The van der Waals surface area contributed by atoms with Gasteiger partial charge in [0.1, 0.15) is 21.8 Å². The summed E-state index contributed by atoms with van der Waals surface area (Å²) in [6.45, 7) is 0. The third-order valence-electron chi connectivity index (χ3n) is 4.77. The molecule has 0 aliphatic heterocycles. The molecule has 9 nitrogen and oxygen atoms in total. The average Bonchev–Trinajstić information content (AvgIpc) is 3.51. The van der Waals surface area contributed by atoms with E-state index >= 15 is 0 Å². The molecular weight excluding hydrogens is 432 g/mol. The van der Waals surface area contributed by atoms with Crippen molar-refractivity contribution < 1.29 is 14.1 Å². The molecule has 158 valence electrons. The highest BCUT2D eigenvalue weighted by molar-refractivity contribution is 7.15. The third kappa shape index (κ3) is 3.52. The number of non-ortho nitro benzene ring substituents is 1. The van der Waals surface area contributed by atoms with Crippen LogP contribution in [0.2, 0.25) is 0 Å². The van der Waals surface area contributed by atoms with Gasteiger partial charge in [0.2, 0.25) is 4.96 Å². The van der Waals surface area contributed by atoms with E-state index in [1.165, 1.54) is 28.0 Å². The number of rotatable bonds is 5. The number of nitro groups is 1. The van der Waals surface area contributed by atoms with Crippen LogP contribution in [0.1, 0.15) is 5.76 Å². The van der Waals surface area contributed by atoms with E-state index in [9.17, 15) is 14.9 Å². The first-order valence-electron chi connectivity index (χ1n) is 9.42. The zero-order valence-electron chi connectivity index (χ0n) is 16.6. The van der Waals surface area contributed by atoms with Gasteiger partial charge in [-0.05, 0) is 36.4 Å². The van der Waals surface area contributed by atoms with Gasteiger partial charge >= 0.3 is 0 Å². The summed E-state index contributed by atoms with van der Waals surface area (Å²) < 4.78 is 12.6. The highest BCUT2D eigenvalue weighted by Gasteiger charge is 2.13. The van der Waals surface area contributed by atoms with E-state index < -0.39 is 4.92 Å². The Balaban J connectivity index is 1.47. The minimum Gasteiger partial charge on any atom is -0.497 e. The van der Waals surface area contributed by atoms with Gasteiger partial charge < -0.3 is 9.15 Å². The Morgan fingerprint density at radius 1 is 1.12 bits per heavy atom. The van der Waals surface area contributed by atoms with E-state index in [-0.39, 0.29) is 11.2 Å². The fraction of sp³-hybridized carbons (Fsp3) is 0.0455. The number of ether oxygens (including phenoxy) is 1. The Labute approximate surface area is 184 Å². The van der Waals surface area contributed by atoms with Crippen molar-refractivity contribution >= 4 is 28.1 Å². The number of nitro benzene ring substituents is 1. The minimum absolute atomic E-state index is 0.0236. The first-order chi connectivity index (χ1) is 15.5. The standard InChI is InChI=1S/C22H14N4O5S/c1-30-16-7-5-13(6-8-16)20-23-22-25(24-20)21(27)19(32-22)12-17-9-10-18(31-17)14-3-2-4-15(11-14)26(28)29/h2-12H,1H3/b19-12+. The molecule has 0 saturated heterocycles. The lowest BCUT2D eigenvalue weighted by molar-refractivity contribution is -0.384. The lowest BCUT2D eigenvalue weighted by atomic mass is 10.1.